The monoisotopic (exact) mass is 507 g/mol. The number of amides is 3. The zero-order valence-electron chi connectivity index (χ0n) is 18.4. The summed E-state index contributed by atoms with van der Waals surface area (Å²) in [6, 6.07) is 5.58. The molecule has 4 heterocycles. The van der Waals surface area contributed by atoms with Crippen molar-refractivity contribution in [1.29, 1.82) is 0 Å². The molecule has 8 nitrogen and oxygen atoms in total. The van der Waals surface area contributed by atoms with Crippen LogP contribution in [0, 0.1) is 0 Å². The first kappa shape index (κ1) is 22.9. The summed E-state index contributed by atoms with van der Waals surface area (Å²) in [5, 5.41) is 4.17. The number of urea groups is 1. The van der Waals surface area contributed by atoms with Crippen molar-refractivity contribution in [3.05, 3.63) is 35.0 Å². The SMILES string of the molecule is CN1CCC2(C1)CN(C(=O)Nc1ncc(SCC(=O)N3CCOCC3)s1)c1ccc(Cl)cc12. The van der Waals surface area contributed by atoms with Gasteiger partial charge in [0.1, 0.15) is 0 Å². The topological polar surface area (TPSA) is 78.0 Å². The number of carbonyl (C=O) groups excluding carboxylic acids is 2. The fourth-order valence-electron chi connectivity index (χ4n) is 4.83. The van der Waals surface area contributed by atoms with Crippen molar-refractivity contribution in [2.45, 2.75) is 16.0 Å². The number of benzene rings is 1. The number of aromatic nitrogens is 1. The maximum Gasteiger partial charge on any atom is 0.328 e. The number of rotatable bonds is 4. The zero-order chi connectivity index (χ0) is 23.0. The molecular formula is C22H26ClN5O3S2. The Morgan fingerprint density at radius 2 is 2.09 bits per heavy atom. The molecule has 3 aliphatic rings. The maximum atomic E-state index is 13.2. The molecule has 11 heteroatoms. The minimum atomic E-state index is -0.194. The first-order valence-corrected chi connectivity index (χ1v) is 13.1. The van der Waals surface area contributed by atoms with Gasteiger partial charge in [-0.1, -0.05) is 22.9 Å². The van der Waals surface area contributed by atoms with Crippen molar-refractivity contribution in [1.82, 2.24) is 14.8 Å². The van der Waals surface area contributed by atoms with E-state index < -0.39 is 0 Å². The molecule has 1 spiro atoms. The number of hydrogen-bond donors (Lipinski definition) is 1. The van der Waals surface area contributed by atoms with E-state index in [1.807, 2.05) is 23.1 Å². The van der Waals surface area contributed by atoms with Crippen molar-refractivity contribution in [3.8, 4) is 0 Å². The molecule has 2 fully saturated rings. The molecule has 2 saturated heterocycles. The lowest BCUT2D eigenvalue weighted by molar-refractivity contribution is -0.132. The Kier molecular flexibility index (Phi) is 6.54. The van der Waals surface area contributed by atoms with E-state index in [4.69, 9.17) is 16.3 Å². The van der Waals surface area contributed by atoms with Crippen molar-refractivity contribution < 1.29 is 14.3 Å². The van der Waals surface area contributed by atoms with Gasteiger partial charge in [-0.3, -0.25) is 15.0 Å². The molecule has 1 aromatic carbocycles. The number of ether oxygens (including phenoxy) is 1. The summed E-state index contributed by atoms with van der Waals surface area (Å²) in [6.07, 6.45) is 2.71. The van der Waals surface area contributed by atoms with Crippen molar-refractivity contribution in [3.63, 3.8) is 0 Å². The van der Waals surface area contributed by atoms with Gasteiger partial charge in [-0.25, -0.2) is 9.78 Å². The Labute approximate surface area is 206 Å². The fraction of sp³-hybridized carbons (Fsp3) is 0.500. The third-order valence-electron chi connectivity index (χ3n) is 6.47. The highest BCUT2D eigenvalue weighted by Crippen LogP contribution is 2.47. The van der Waals surface area contributed by atoms with Crippen molar-refractivity contribution in [2.24, 2.45) is 0 Å². The third kappa shape index (κ3) is 4.72. The molecule has 1 N–H and O–H groups in total. The Hall–Kier alpha value is -1.85. The van der Waals surface area contributed by atoms with Crippen LogP contribution < -0.4 is 10.2 Å². The van der Waals surface area contributed by atoms with Gasteiger partial charge < -0.3 is 14.5 Å². The average Bonchev–Trinajstić information content (AvgIpc) is 3.51. The largest absolute Gasteiger partial charge is 0.378 e. The molecule has 1 aromatic heterocycles. The van der Waals surface area contributed by atoms with Crippen LogP contribution >= 0.6 is 34.7 Å². The van der Waals surface area contributed by atoms with Crippen LogP contribution in [0.2, 0.25) is 5.02 Å². The summed E-state index contributed by atoms with van der Waals surface area (Å²) < 4.78 is 6.19. The summed E-state index contributed by atoms with van der Waals surface area (Å²) in [7, 11) is 2.11. The summed E-state index contributed by atoms with van der Waals surface area (Å²) in [4.78, 5) is 35.9. The lowest BCUT2D eigenvalue weighted by atomic mass is 9.81. The standard InChI is InChI=1S/C22H26ClN5O3S2/c1-26-5-4-22(13-26)14-28(17-3-2-15(23)10-16(17)22)21(30)25-20-24-11-19(33-20)32-12-18(29)27-6-8-31-9-7-27/h2-3,10-11H,4-9,12-14H2,1H3,(H,24,25,30). The number of likely N-dealkylation sites (N-methyl/N-ethyl adjacent to an activating group) is 1. The highest BCUT2D eigenvalue weighted by molar-refractivity contribution is 8.01. The van der Waals surface area contributed by atoms with Gasteiger partial charge in [-0.2, -0.15) is 0 Å². The van der Waals surface area contributed by atoms with Gasteiger partial charge in [0.05, 0.1) is 29.4 Å². The Morgan fingerprint density at radius 1 is 1.27 bits per heavy atom. The lowest BCUT2D eigenvalue weighted by Crippen LogP contribution is -2.41. The van der Waals surface area contributed by atoms with Gasteiger partial charge in [0.2, 0.25) is 5.91 Å². The van der Waals surface area contributed by atoms with Crippen LogP contribution in [0.3, 0.4) is 0 Å². The van der Waals surface area contributed by atoms with Crippen LogP contribution in [0.25, 0.3) is 0 Å². The second-order valence-electron chi connectivity index (χ2n) is 8.71. The summed E-state index contributed by atoms with van der Waals surface area (Å²) in [5.41, 5.74) is 1.97. The molecule has 0 bridgehead atoms. The minimum absolute atomic E-state index is 0.0872. The predicted molar refractivity (Wildman–Crippen MR) is 132 cm³/mol. The summed E-state index contributed by atoms with van der Waals surface area (Å²) in [5.74, 6) is 0.452. The number of thioether (sulfide) groups is 1. The molecule has 0 aliphatic carbocycles. The molecule has 2 aromatic rings. The van der Waals surface area contributed by atoms with E-state index in [2.05, 4.69) is 22.2 Å². The number of nitrogens with zero attached hydrogens (tertiary/aromatic N) is 4. The van der Waals surface area contributed by atoms with E-state index in [-0.39, 0.29) is 17.4 Å². The van der Waals surface area contributed by atoms with Gasteiger partial charge in [-0.15, -0.1) is 11.8 Å². The molecule has 1 unspecified atom stereocenters. The third-order valence-corrected chi connectivity index (χ3v) is 8.80. The first-order chi connectivity index (χ1) is 15.9. The van der Waals surface area contributed by atoms with E-state index in [1.165, 1.54) is 23.1 Å². The molecule has 0 radical (unpaired) electrons. The maximum absolute atomic E-state index is 13.2. The van der Waals surface area contributed by atoms with Crippen LogP contribution in [-0.4, -0.2) is 85.5 Å². The predicted octanol–water partition coefficient (Wildman–Crippen LogP) is 3.37. The van der Waals surface area contributed by atoms with Gasteiger partial charge >= 0.3 is 6.03 Å². The summed E-state index contributed by atoms with van der Waals surface area (Å²) >= 11 is 9.14. The van der Waals surface area contributed by atoms with Gasteiger partial charge in [-0.05, 0) is 43.8 Å². The number of hydrogen-bond acceptors (Lipinski definition) is 7. The van der Waals surface area contributed by atoms with Gasteiger partial charge in [0.25, 0.3) is 0 Å². The van der Waals surface area contributed by atoms with Crippen LogP contribution in [-0.2, 0) is 14.9 Å². The zero-order valence-corrected chi connectivity index (χ0v) is 20.8. The Balaban J connectivity index is 1.23. The van der Waals surface area contributed by atoms with Crippen molar-refractivity contribution in [2.75, 3.05) is 69.0 Å². The number of likely N-dealkylation sites (tertiary alicyclic amines) is 1. The molecule has 176 valence electrons. The highest BCUT2D eigenvalue weighted by atomic mass is 35.5. The van der Waals surface area contributed by atoms with Crippen LogP contribution in [0.15, 0.2) is 28.6 Å². The highest BCUT2D eigenvalue weighted by Gasteiger charge is 2.48. The molecule has 0 saturated carbocycles. The number of morpholine rings is 1. The van der Waals surface area contributed by atoms with Crippen molar-refractivity contribution >= 4 is 57.5 Å². The normalized spacial score (nSPS) is 22.7. The second kappa shape index (κ2) is 9.42. The first-order valence-electron chi connectivity index (χ1n) is 10.9. The number of carbonyl (C=O) groups is 2. The van der Waals surface area contributed by atoms with Gasteiger partial charge in [0.15, 0.2) is 5.13 Å². The van der Waals surface area contributed by atoms with E-state index in [9.17, 15) is 9.59 Å². The van der Waals surface area contributed by atoms with E-state index in [1.54, 1.807) is 11.1 Å². The number of thiazole rings is 1. The molecule has 33 heavy (non-hydrogen) atoms. The summed E-state index contributed by atoms with van der Waals surface area (Å²) in [6.45, 7) is 5.00. The molecule has 3 amide bonds. The molecule has 5 rings (SSSR count). The smallest absolute Gasteiger partial charge is 0.328 e. The Morgan fingerprint density at radius 3 is 2.85 bits per heavy atom. The van der Waals surface area contributed by atoms with E-state index >= 15 is 0 Å². The number of halogens is 1. The number of anilines is 2. The number of nitrogens with one attached hydrogen (secondary N) is 1. The average molecular weight is 508 g/mol. The quantitative estimate of drug-likeness (QED) is 0.639. The van der Waals surface area contributed by atoms with Crippen LogP contribution in [0.5, 0.6) is 0 Å². The number of fused-ring (bicyclic) bond motifs is 2. The van der Waals surface area contributed by atoms with Crippen LogP contribution in [0.1, 0.15) is 12.0 Å². The Bertz CT molecular complexity index is 1060. The molecule has 3 aliphatic heterocycles. The lowest BCUT2D eigenvalue weighted by Gasteiger charge is -2.26. The van der Waals surface area contributed by atoms with E-state index in [0.29, 0.717) is 48.8 Å². The fourth-order valence-corrected chi connectivity index (χ4v) is 6.77. The minimum Gasteiger partial charge on any atom is -0.378 e. The van der Waals surface area contributed by atoms with Crippen LogP contribution in [0.4, 0.5) is 15.6 Å². The second-order valence-corrected chi connectivity index (χ2v) is 11.5. The molecular weight excluding hydrogens is 482 g/mol. The molecule has 1 atom stereocenters. The van der Waals surface area contributed by atoms with Gasteiger partial charge in [0, 0.05) is 42.3 Å². The van der Waals surface area contributed by atoms with E-state index in [0.717, 1.165) is 35.0 Å².